The largest absolute Gasteiger partial charge is 0.367 e. The Morgan fingerprint density at radius 3 is 2.71 bits per heavy atom. The van der Waals surface area contributed by atoms with Gasteiger partial charge in [0, 0.05) is 4.88 Å². The van der Waals surface area contributed by atoms with Gasteiger partial charge in [0.2, 0.25) is 5.88 Å². The highest BCUT2D eigenvalue weighted by Crippen LogP contribution is 2.33. The van der Waals surface area contributed by atoms with Gasteiger partial charge >= 0.3 is 0 Å². The summed E-state index contributed by atoms with van der Waals surface area (Å²) in [5, 5.41) is 6.94. The van der Waals surface area contributed by atoms with Crippen molar-refractivity contribution >= 4 is 23.1 Å². The maximum Gasteiger partial charge on any atom is 0.259 e. The first-order chi connectivity index (χ1) is 11.6. The van der Waals surface area contributed by atoms with Crippen molar-refractivity contribution in [2.75, 3.05) is 5.73 Å². The predicted molar refractivity (Wildman–Crippen MR) is 95.9 cm³/mol. The van der Waals surface area contributed by atoms with Crippen LogP contribution in [-0.4, -0.2) is 11.1 Å². The van der Waals surface area contributed by atoms with Crippen molar-refractivity contribution < 1.29 is 9.32 Å². The molecular weight excluding hydrogens is 322 g/mol. The Morgan fingerprint density at radius 1 is 1.29 bits per heavy atom. The highest BCUT2D eigenvalue weighted by atomic mass is 32.1. The summed E-state index contributed by atoms with van der Waals surface area (Å²) < 4.78 is 5.07. The number of aromatic nitrogens is 1. The third-order valence-electron chi connectivity index (χ3n) is 3.84. The first-order valence-corrected chi connectivity index (χ1v) is 8.61. The van der Waals surface area contributed by atoms with E-state index in [1.54, 1.807) is 11.3 Å². The lowest BCUT2D eigenvalue weighted by atomic mass is 10.1. The minimum absolute atomic E-state index is 0.0363. The van der Waals surface area contributed by atoms with E-state index >= 15 is 0 Å². The molecular formula is C18H19N3O2S. The second kappa shape index (κ2) is 6.88. The summed E-state index contributed by atoms with van der Waals surface area (Å²) in [5.41, 5.74) is 7.66. The van der Waals surface area contributed by atoms with E-state index in [0.29, 0.717) is 11.3 Å². The smallest absolute Gasteiger partial charge is 0.259 e. The van der Waals surface area contributed by atoms with Crippen molar-refractivity contribution in [1.29, 1.82) is 0 Å². The van der Waals surface area contributed by atoms with Crippen LogP contribution in [0.3, 0.4) is 0 Å². The van der Waals surface area contributed by atoms with E-state index in [9.17, 15) is 4.79 Å². The number of nitrogens with two attached hydrogens (primary N) is 1. The molecule has 5 nitrogen and oxygen atoms in total. The molecule has 2 aromatic heterocycles. The Bertz CT molecular complexity index is 839. The van der Waals surface area contributed by atoms with Crippen molar-refractivity contribution in [3.63, 3.8) is 0 Å². The molecule has 6 heteroatoms. The number of nitrogens with zero attached hydrogens (tertiary/aromatic N) is 1. The molecule has 1 amide bonds. The summed E-state index contributed by atoms with van der Waals surface area (Å²) in [7, 11) is 0. The van der Waals surface area contributed by atoms with Crippen LogP contribution in [0.25, 0.3) is 10.6 Å². The summed E-state index contributed by atoms with van der Waals surface area (Å²) in [6.45, 7) is 4.01. The predicted octanol–water partition coefficient (Wildman–Crippen LogP) is 4.04. The number of nitrogens with one attached hydrogen (secondary N) is 1. The summed E-state index contributed by atoms with van der Waals surface area (Å²) in [6.07, 6.45) is 0.935. The number of anilines is 1. The van der Waals surface area contributed by atoms with Crippen molar-refractivity contribution in [2.45, 2.75) is 26.3 Å². The quantitative estimate of drug-likeness (QED) is 0.734. The molecule has 2 heterocycles. The van der Waals surface area contributed by atoms with Gasteiger partial charge in [0.05, 0.1) is 10.9 Å². The van der Waals surface area contributed by atoms with E-state index in [-0.39, 0.29) is 17.8 Å². The topological polar surface area (TPSA) is 81.2 Å². The van der Waals surface area contributed by atoms with Gasteiger partial charge in [-0.15, -0.1) is 11.3 Å². The van der Waals surface area contributed by atoms with Crippen LogP contribution in [0.15, 0.2) is 47.0 Å². The van der Waals surface area contributed by atoms with Crippen LogP contribution in [0.5, 0.6) is 0 Å². The second-order valence-electron chi connectivity index (χ2n) is 5.50. The maximum absolute atomic E-state index is 12.7. The maximum atomic E-state index is 12.7. The zero-order valence-corrected chi connectivity index (χ0v) is 14.4. The zero-order valence-electron chi connectivity index (χ0n) is 13.6. The molecule has 0 aliphatic rings. The zero-order chi connectivity index (χ0) is 17.1. The van der Waals surface area contributed by atoms with E-state index in [2.05, 4.69) is 17.4 Å². The van der Waals surface area contributed by atoms with E-state index < -0.39 is 0 Å². The molecule has 0 radical (unpaired) electrons. The first-order valence-electron chi connectivity index (χ1n) is 7.80. The molecule has 24 heavy (non-hydrogen) atoms. The summed E-state index contributed by atoms with van der Waals surface area (Å²) in [5.74, 6) is -0.249. The number of rotatable bonds is 5. The molecule has 0 fully saturated rings. The van der Waals surface area contributed by atoms with Crippen LogP contribution < -0.4 is 11.1 Å². The van der Waals surface area contributed by atoms with Gasteiger partial charge in [0.15, 0.2) is 0 Å². The first kappa shape index (κ1) is 16.3. The molecule has 124 valence electrons. The lowest BCUT2D eigenvalue weighted by Crippen LogP contribution is -2.27. The average Bonchev–Trinajstić information content (AvgIpc) is 3.21. The van der Waals surface area contributed by atoms with Crippen LogP contribution in [0.4, 0.5) is 5.88 Å². The molecule has 1 aromatic carbocycles. The van der Waals surface area contributed by atoms with Crippen molar-refractivity contribution in [2.24, 2.45) is 0 Å². The monoisotopic (exact) mass is 341 g/mol. The minimum atomic E-state index is -0.286. The van der Waals surface area contributed by atoms with Crippen LogP contribution in [0, 0.1) is 0 Å². The number of hydrogen-bond donors (Lipinski definition) is 2. The fourth-order valence-corrected chi connectivity index (χ4v) is 3.41. The van der Waals surface area contributed by atoms with Crippen LogP contribution in [-0.2, 0) is 6.42 Å². The number of hydrogen-bond acceptors (Lipinski definition) is 5. The van der Waals surface area contributed by atoms with Crippen LogP contribution in [0.1, 0.15) is 40.7 Å². The van der Waals surface area contributed by atoms with E-state index in [4.69, 9.17) is 10.3 Å². The molecule has 3 N–H and O–H groups in total. The fraction of sp³-hybridized carbons (Fsp3) is 0.222. The van der Waals surface area contributed by atoms with E-state index in [0.717, 1.165) is 16.9 Å². The van der Waals surface area contributed by atoms with Gasteiger partial charge in [-0.2, -0.15) is 0 Å². The molecule has 3 rings (SSSR count). The van der Waals surface area contributed by atoms with Crippen molar-refractivity contribution in [1.82, 2.24) is 10.5 Å². The lowest BCUT2D eigenvalue weighted by molar-refractivity contribution is 0.0941. The summed E-state index contributed by atoms with van der Waals surface area (Å²) >= 11 is 1.59. The van der Waals surface area contributed by atoms with Gasteiger partial charge in [-0.1, -0.05) is 42.4 Å². The molecule has 0 saturated heterocycles. The van der Waals surface area contributed by atoms with Crippen molar-refractivity contribution in [3.05, 3.63) is 58.5 Å². The minimum Gasteiger partial charge on any atom is -0.367 e. The van der Waals surface area contributed by atoms with Gasteiger partial charge in [-0.3, -0.25) is 4.79 Å². The van der Waals surface area contributed by atoms with Crippen molar-refractivity contribution in [3.8, 4) is 10.6 Å². The number of aryl methyl sites for hydroxylation is 1. The Labute approximate surface area is 144 Å². The number of thiophene rings is 1. The Balaban J connectivity index is 1.86. The molecule has 0 aliphatic heterocycles. The fourth-order valence-electron chi connectivity index (χ4n) is 2.48. The standard InChI is InChI=1S/C18H19N3O2S/c1-3-13-9-10-14(24-13)16-15(17(19)23-21-16)18(22)20-11(2)12-7-5-4-6-8-12/h4-11H,3,19H2,1-2H3,(H,20,22). The number of amides is 1. The van der Waals surface area contributed by atoms with Gasteiger partial charge in [0.1, 0.15) is 11.3 Å². The normalized spacial score (nSPS) is 12.1. The third kappa shape index (κ3) is 3.19. The molecule has 1 atom stereocenters. The van der Waals surface area contributed by atoms with Crippen LogP contribution in [0.2, 0.25) is 0 Å². The van der Waals surface area contributed by atoms with Gasteiger partial charge in [-0.25, -0.2) is 0 Å². The highest BCUT2D eigenvalue weighted by molar-refractivity contribution is 7.15. The Hall–Kier alpha value is -2.60. The summed E-state index contributed by atoms with van der Waals surface area (Å²) in [6, 6.07) is 13.6. The number of benzene rings is 1. The van der Waals surface area contributed by atoms with Gasteiger partial charge < -0.3 is 15.6 Å². The number of nitrogen functional groups attached to an aromatic ring is 1. The Morgan fingerprint density at radius 2 is 2.04 bits per heavy atom. The Kier molecular flexibility index (Phi) is 4.66. The molecule has 0 saturated carbocycles. The number of carbonyl (C=O) groups excluding carboxylic acids is 1. The average molecular weight is 341 g/mol. The molecule has 0 aliphatic carbocycles. The highest BCUT2D eigenvalue weighted by Gasteiger charge is 2.24. The molecule has 0 bridgehead atoms. The molecule has 3 aromatic rings. The van der Waals surface area contributed by atoms with E-state index in [1.807, 2.05) is 49.4 Å². The second-order valence-corrected chi connectivity index (χ2v) is 6.66. The van der Waals surface area contributed by atoms with E-state index in [1.165, 1.54) is 4.88 Å². The molecule has 1 unspecified atom stereocenters. The SMILES string of the molecule is CCc1ccc(-c2noc(N)c2C(=O)NC(C)c2ccccc2)s1. The number of carbonyl (C=O) groups is 1. The van der Waals surface area contributed by atoms with Crippen LogP contribution >= 0.6 is 11.3 Å². The summed E-state index contributed by atoms with van der Waals surface area (Å²) in [4.78, 5) is 14.8. The van der Waals surface area contributed by atoms with Gasteiger partial charge in [-0.05, 0) is 31.0 Å². The molecule has 0 spiro atoms. The van der Waals surface area contributed by atoms with Gasteiger partial charge in [0.25, 0.3) is 5.91 Å². The third-order valence-corrected chi connectivity index (χ3v) is 5.07. The lowest BCUT2D eigenvalue weighted by Gasteiger charge is -2.14.